The molecule has 3 N–H and O–H groups in total. The Kier molecular flexibility index (Phi) is 6.19. The minimum absolute atomic E-state index is 0.0467. The largest absolute Gasteiger partial charge is 0.417 e. The quantitative estimate of drug-likeness (QED) is 0.410. The van der Waals surface area contributed by atoms with Gasteiger partial charge in [-0.25, -0.2) is 31.1 Å². The number of aromatic nitrogens is 1. The fraction of sp³-hybridized carbons (Fsp3) is 0.235. The number of rotatable bonds is 9. The summed E-state index contributed by atoms with van der Waals surface area (Å²) in [4.78, 5) is 13.6. The van der Waals surface area contributed by atoms with Crippen LogP contribution < -0.4 is 15.2 Å². The second-order valence-electron chi connectivity index (χ2n) is 6.03. The van der Waals surface area contributed by atoms with E-state index in [1.807, 2.05) is 0 Å². The zero-order chi connectivity index (χ0) is 21.1. The summed E-state index contributed by atoms with van der Waals surface area (Å²) in [5.74, 6) is -0.672. The zero-order valence-corrected chi connectivity index (χ0v) is 17.0. The van der Waals surface area contributed by atoms with Gasteiger partial charge in [0.1, 0.15) is 0 Å². The van der Waals surface area contributed by atoms with Crippen LogP contribution in [0.5, 0.6) is 0 Å². The van der Waals surface area contributed by atoms with Crippen LogP contribution in [0.25, 0.3) is 11.1 Å². The number of sulfonamides is 2. The lowest BCUT2D eigenvalue weighted by Crippen LogP contribution is -2.27. The average molecular weight is 441 g/mol. The molecular formula is C17H19N3O7S2. The molecule has 0 saturated carbocycles. The van der Waals surface area contributed by atoms with Crippen molar-refractivity contribution in [1.82, 2.24) is 14.4 Å². The van der Waals surface area contributed by atoms with Crippen molar-refractivity contribution < 1.29 is 26.0 Å². The number of aromatic amines is 1. The van der Waals surface area contributed by atoms with Gasteiger partial charge >= 0.3 is 5.76 Å². The lowest BCUT2D eigenvalue weighted by Gasteiger charge is -2.09. The fourth-order valence-electron chi connectivity index (χ4n) is 2.50. The van der Waals surface area contributed by atoms with Crippen molar-refractivity contribution in [3.8, 4) is 0 Å². The van der Waals surface area contributed by atoms with Gasteiger partial charge < -0.3 is 9.15 Å². The number of methoxy groups -OCH3 is 1. The number of ether oxygens (including phenoxy) is 1. The minimum atomic E-state index is -3.86. The van der Waals surface area contributed by atoms with E-state index in [2.05, 4.69) is 14.4 Å². The molecule has 0 atom stereocenters. The molecule has 0 saturated heterocycles. The molecule has 29 heavy (non-hydrogen) atoms. The van der Waals surface area contributed by atoms with E-state index in [1.54, 1.807) is 0 Å². The fourth-order valence-corrected chi connectivity index (χ4v) is 4.55. The summed E-state index contributed by atoms with van der Waals surface area (Å²) in [7, 11) is -6.06. The molecule has 3 aromatic rings. The van der Waals surface area contributed by atoms with Crippen molar-refractivity contribution in [2.45, 2.75) is 16.3 Å². The molecular weight excluding hydrogens is 422 g/mol. The van der Waals surface area contributed by atoms with Crippen LogP contribution in [0.2, 0.25) is 0 Å². The normalized spacial score (nSPS) is 12.4. The molecule has 0 aliphatic heterocycles. The molecule has 2 aromatic carbocycles. The Balaban J connectivity index is 1.69. The van der Waals surface area contributed by atoms with Crippen LogP contribution in [0.3, 0.4) is 0 Å². The Bertz CT molecular complexity index is 1260. The first-order valence-corrected chi connectivity index (χ1v) is 11.4. The molecule has 0 unspecified atom stereocenters. The average Bonchev–Trinajstić information content (AvgIpc) is 3.06. The van der Waals surface area contributed by atoms with Gasteiger partial charge in [0.2, 0.25) is 20.0 Å². The van der Waals surface area contributed by atoms with Crippen LogP contribution in [-0.2, 0) is 31.3 Å². The number of H-pyrrole nitrogens is 1. The van der Waals surface area contributed by atoms with Gasteiger partial charge in [-0.05, 0) is 29.8 Å². The van der Waals surface area contributed by atoms with E-state index in [4.69, 9.17) is 9.15 Å². The van der Waals surface area contributed by atoms with E-state index >= 15 is 0 Å². The molecule has 1 heterocycles. The number of nitrogens with one attached hydrogen (secondary N) is 3. The van der Waals surface area contributed by atoms with Crippen molar-refractivity contribution in [2.75, 3.05) is 20.3 Å². The Labute approximate surface area is 167 Å². The third-order valence-corrected chi connectivity index (χ3v) is 6.88. The second kappa shape index (κ2) is 8.47. The van der Waals surface area contributed by atoms with Crippen molar-refractivity contribution in [3.05, 3.63) is 58.6 Å². The molecule has 0 spiro atoms. The van der Waals surface area contributed by atoms with Crippen molar-refractivity contribution in [1.29, 1.82) is 0 Å². The lowest BCUT2D eigenvalue weighted by molar-refractivity contribution is 0.204. The molecule has 156 valence electrons. The molecule has 0 fully saturated rings. The van der Waals surface area contributed by atoms with Gasteiger partial charge in [-0.3, -0.25) is 4.98 Å². The predicted molar refractivity (Wildman–Crippen MR) is 104 cm³/mol. The highest BCUT2D eigenvalue weighted by molar-refractivity contribution is 7.89. The van der Waals surface area contributed by atoms with Crippen LogP contribution in [0, 0.1) is 0 Å². The summed E-state index contributed by atoms with van der Waals surface area (Å²) >= 11 is 0. The van der Waals surface area contributed by atoms with E-state index < -0.39 is 25.8 Å². The highest BCUT2D eigenvalue weighted by atomic mass is 32.2. The van der Waals surface area contributed by atoms with E-state index in [-0.39, 0.29) is 35.1 Å². The van der Waals surface area contributed by atoms with Crippen LogP contribution in [0.1, 0.15) is 5.56 Å². The molecule has 0 aliphatic rings. The van der Waals surface area contributed by atoms with Crippen LogP contribution in [0.15, 0.2) is 61.5 Å². The van der Waals surface area contributed by atoms with Gasteiger partial charge in [0.05, 0.1) is 21.9 Å². The van der Waals surface area contributed by atoms with Gasteiger partial charge in [-0.2, -0.15) is 0 Å². The van der Waals surface area contributed by atoms with Gasteiger partial charge in [-0.1, -0.05) is 12.1 Å². The first-order chi connectivity index (χ1) is 13.7. The minimum Gasteiger partial charge on any atom is -0.408 e. The summed E-state index contributed by atoms with van der Waals surface area (Å²) in [5.41, 5.74) is 1.09. The Morgan fingerprint density at radius 1 is 0.966 bits per heavy atom. The number of hydrogen-bond acceptors (Lipinski definition) is 7. The molecule has 10 nitrogen and oxygen atoms in total. The highest BCUT2D eigenvalue weighted by Gasteiger charge is 2.17. The third-order valence-electron chi connectivity index (χ3n) is 4.00. The monoisotopic (exact) mass is 441 g/mol. The number of fused-ring (bicyclic) bond motifs is 1. The third kappa shape index (κ3) is 5.10. The van der Waals surface area contributed by atoms with Crippen LogP contribution in [-0.4, -0.2) is 42.1 Å². The molecule has 0 radical (unpaired) electrons. The standard InChI is InChI=1S/C17H19N3O7S2/c1-26-9-8-18-28(22,23)13-4-2-12(3-5-13)11-19-29(24,25)14-6-7-15-16(10-14)27-17(21)20-15/h2-7,10,18-19H,8-9,11H2,1H3,(H,20,21). The predicted octanol–water partition coefficient (Wildman–Crippen LogP) is 0.524. The van der Waals surface area contributed by atoms with E-state index in [0.29, 0.717) is 11.1 Å². The number of benzene rings is 2. The molecule has 3 rings (SSSR count). The maximum Gasteiger partial charge on any atom is 0.417 e. The smallest absolute Gasteiger partial charge is 0.408 e. The molecule has 0 aliphatic carbocycles. The molecule has 0 amide bonds. The van der Waals surface area contributed by atoms with E-state index in [0.717, 1.165) is 0 Å². The van der Waals surface area contributed by atoms with Crippen molar-refractivity contribution >= 4 is 31.1 Å². The Hall–Kier alpha value is -2.51. The Morgan fingerprint density at radius 2 is 1.62 bits per heavy atom. The molecule has 12 heteroatoms. The summed E-state index contributed by atoms with van der Waals surface area (Å²) in [5, 5.41) is 0. The summed E-state index contributed by atoms with van der Waals surface area (Å²) in [6.45, 7) is 0.345. The number of hydrogen-bond donors (Lipinski definition) is 3. The van der Waals surface area contributed by atoms with Crippen molar-refractivity contribution in [2.24, 2.45) is 0 Å². The van der Waals surface area contributed by atoms with Gasteiger partial charge in [0, 0.05) is 26.3 Å². The van der Waals surface area contributed by atoms with E-state index in [1.165, 1.54) is 49.6 Å². The zero-order valence-electron chi connectivity index (χ0n) is 15.3. The molecule has 0 bridgehead atoms. The maximum absolute atomic E-state index is 12.5. The first-order valence-electron chi connectivity index (χ1n) is 8.41. The summed E-state index contributed by atoms with van der Waals surface area (Å²) in [6, 6.07) is 9.83. The maximum atomic E-state index is 12.5. The molecule has 1 aromatic heterocycles. The lowest BCUT2D eigenvalue weighted by atomic mass is 10.2. The van der Waals surface area contributed by atoms with Crippen molar-refractivity contribution in [3.63, 3.8) is 0 Å². The first kappa shape index (κ1) is 21.2. The van der Waals surface area contributed by atoms with E-state index in [9.17, 15) is 21.6 Å². The summed E-state index contributed by atoms with van der Waals surface area (Å²) in [6.07, 6.45) is 0. The summed E-state index contributed by atoms with van der Waals surface area (Å²) < 4.78 is 63.7. The topological polar surface area (TPSA) is 148 Å². The van der Waals surface area contributed by atoms with Crippen LogP contribution in [0.4, 0.5) is 0 Å². The van der Waals surface area contributed by atoms with Gasteiger partial charge in [0.15, 0.2) is 5.58 Å². The SMILES string of the molecule is COCCNS(=O)(=O)c1ccc(CNS(=O)(=O)c2ccc3[nH]c(=O)oc3c2)cc1. The highest BCUT2D eigenvalue weighted by Crippen LogP contribution is 2.17. The van der Waals surface area contributed by atoms with Gasteiger partial charge in [0.25, 0.3) is 0 Å². The Morgan fingerprint density at radius 3 is 2.31 bits per heavy atom. The van der Waals surface area contributed by atoms with Crippen LogP contribution >= 0.6 is 0 Å². The second-order valence-corrected chi connectivity index (χ2v) is 9.57. The number of oxazole rings is 1. The van der Waals surface area contributed by atoms with Gasteiger partial charge in [-0.15, -0.1) is 0 Å².